The maximum Gasteiger partial charge on any atom is 0.269 e. The van der Waals surface area contributed by atoms with Gasteiger partial charge < -0.3 is 5.73 Å². The lowest BCUT2D eigenvalue weighted by molar-refractivity contribution is -0.384. The van der Waals surface area contributed by atoms with E-state index in [2.05, 4.69) is 6.07 Å². The molecule has 2 aromatic rings. The fraction of sp³-hybridized carbons (Fsp3) is 0.273. The molecule has 8 heteroatoms. The van der Waals surface area contributed by atoms with E-state index in [0.29, 0.717) is 29.7 Å². The Balaban J connectivity index is 1.95. The summed E-state index contributed by atoms with van der Waals surface area (Å²) in [4.78, 5) is 25.6. The maximum atomic E-state index is 13.3. The molecule has 0 saturated heterocycles. The predicted molar refractivity (Wildman–Crippen MR) is 115 cm³/mol. The molecule has 1 aliphatic carbocycles. The van der Waals surface area contributed by atoms with Gasteiger partial charge in [0.2, 0.25) is 0 Å². The molecule has 152 valence electrons. The summed E-state index contributed by atoms with van der Waals surface area (Å²) in [6.07, 6.45) is 0.990. The highest BCUT2D eigenvalue weighted by molar-refractivity contribution is 7.08. The van der Waals surface area contributed by atoms with Crippen molar-refractivity contribution in [3.05, 3.63) is 79.4 Å². The third-order valence-corrected chi connectivity index (χ3v) is 6.28. The summed E-state index contributed by atoms with van der Waals surface area (Å²) < 4.78 is 0. The highest BCUT2D eigenvalue weighted by atomic mass is 32.1. The number of rotatable bonds is 3. The number of thiophene rings is 1. The minimum Gasteiger partial charge on any atom is -0.384 e. The molecular formula is C22H20N4O3S. The number of nitrogens with two attached hydrogens (primary N) is 1. The average Bonchev–Trinajstić information content (AvgIpc) is 3.20. The number of Topliss-reactive ketones (excluding diaryl/α,β-unsaturated/α-hetero) is 1. The quantitative estimate of drug-likeness (QED) is 0.573. The van der Waals surface area contributed by atoms with Crippen LogP contribution >= 0.6 is 11.3 Å². The third kappa shape index (κ3) is 3.17. The maximum absolute atomic E-state index is 13.3. The molecule has 1 atom stereocenters. The van der Waals surface area contributed by atoms with E-state index < -0.39 is 10.8 Å². The number of carbonyl (C=O) groups is 1. The molecule has 1 aromatic heterocycles. The fourth-order valence-electron chi connectivity index (χ4n) is 4.30. The van der Waals surface area contributed by atoms with E-state index in [1.165, 1.54) is 23.5 Å². The van der Waals surface area contributed by atoms with Gasteiger partial charge in [-0.2, -0.15) is 16.6 Å². The Bertz CT molecular complexity index is 1140. The number of anilines is 1. The first-order chi connectivity index (χ1) is 14.2. The standard InChI is InChI=1S/C22H20N4O3S/c1-22(2)9-17-20(18(27)10-22)19(13-7-8-30-12-13)16(11-23)21(24)25(17)14-3-5-15(6-4-14)26(28)29/h3-8,12,19H,9-10,24H2,1-2H3/t19-/m0/s1. The zero-order valence-electron chi connectivity index (χ0n) is 16.6. The van der Waals surface area contributed by atoms with E-state index >= 15 is 0 Å². The molecular weight excluding hydrogens is 400 g/mol. The van der Waals surface area contributed by atoms with E-state index in [0.717, 1.165) is 11.3 Å². The van der Waals surface area contributed by atoms with Crippen LogP contribution in [0, 0.1) is 26.9 Å². The molecule has 2 aliphatic rings. The van der Waals surface area contributed by atoms with E-state index in [9.17, 15) is 20.2 Å². The Kier molecular flexibility index (Phi) is 4.71. The second kappa shape index (κ2) is 7.11. The molecule has 0 saturated carbocycles. The summed E-state index contributed by atoms with van der Waals surface area (Å²) in [6.45, 7) is 4.06. The zero-order chi connectivity index (χ0) is 21.6. The van der Waals surface area contributed by atoms with Gasteiger partial charge >= 0.3 is 0 Å². The van der Waals surface area contributed by atoms with Crippen LogP contribution in [0.2, 0.25) is 0 Å². The summed E-state index contributed by atoms with van der Waals surface area (Å²) >= 11 is 1.50. The van der Waals surface area contributed by atoms with Crippen molar-refractivity contribution >= 4 is 28.5 Å². The molecule has 2 heterocycles. The van der Waals surface area contributed by atoms with Gasteiger partial charge in [-0.15, -0.1) is 0 Å². The fourth-order valence-corrected chi connectivity index (χ4v) is 4.99. The summed E-state index contributed by atoms with van der Waals surface area (Å²) in [5, 5.41) is 24.9. The predicted octanol–water partition coefficient (Wildman–Crippen LogP) is 4.60. The van der Waals surface area contributed by atoms with Crippen LogP contribution in [0.25, 0.3) is 0 Å². The largest absolute Gasteiger partial charge is 0.384 e. The monoisotopic (exact) mass is 420 g/mol. The Morgan fingerprint density at radius 3 is 2.53 bits per heavy atom. The van der Waals surface area contributed by atoms with Crippen molar-refractivity contribution in [2.75, 3.05) is 4.90 Å². The van der Waals surface area contributed by atoms with Gasteiger partial charge in [0, 0.05) is 35.5 Å². The van der Waals surface area contributed by atoms with Gasteiger partial charge in [0.05, 0.1) is 22.5 Å². The van der Waals surface area contributed by atoms with Crippen LogP contribution in [0.15, 0.2) is 63.8 Å². The first-order valence-corrected chi connectivity index (χ1v) is 10.4. The zero-order valence-corrected chi connectivity index (χ0v) is 17.4. The van der Waals surface area contributed by atoms with Crippen LogP contribution in [0.4, 0.5) is 11.4 Å². The van der Waals surface area contributed by atoms with E-state index in [1.807, 2.05) is 30.7 Å². The van der Waals surface area contributed by atoms with Crippen molar-refractivity contribution in [3.8, 4) is 6.07 Å². The molecule has 0 fully saturated rings. The minimum absolute atomic E-state index is 0.00427. The molecule has 0 spiro atoms. The van der Waals surface area contributed by atoms with Crippen molar-refractivity contribution < 1.29 is 9.72 Å². The first-order valence-electron chi connectivity index (χ1n) is 9.46. The number of nitrogens with zero attached hydrogens (tertiary/aromatic N) is 3. The molecule has 1 aromatic carbocycles. The molecule has 30 heavy (non-hydrogen) atoms. The third-order valence-electron chi connectivity index (χ3n) is 5.58. The molecule has 1 aliphatic heterocycles. The Labute approximate surface area is 177 Å². The molecule has 0 unspecified atom stereocenters. The summed E-state index contributed by atoms with van der Waals surface area (Å²) in [7, 11) is 0. The van der Waals surface area contributed by atoms with Crippen molar-refractivity contribution in [3.63, 3.8) is 0 Å². The molecule has 4 rings (SSSR count). The highest BCUT2D eigenvalue weighted by Gasteiger charge is 2.44. The number of nitro benzene ring substituents is 1. The van der Waals surface area contributed by atoms with Crippen LogP contribution in [-0.2, 0) is 4.79 Å². The van der Waals surface area contributed by atoms with E-state index in [-0.39, 0.29) is 22.7 Å². The summed E-state index contributed by atoms with van der Waals surface area (Å²) in [6, 6.07) is 10.1. The SMILES string of the molecule is CC1(C)CC(=O)C2=C(C1)N(c1ccc([N+](=O)[O-])cc1)C(N)=C(C#N)[C@@H]2c1ccsc1. The number of hydrogen-bond donors (Lipinski definition) is 1. The van der Waals surface area contributed by atoms with E-state index in [4.69, 9.17) is 5.73 Å². The second-order valence-corrected chi connectivity index (χ2v) is 9.09. The molecule has 2 N–H and O–H groups in total. The number of nitro groups is 1. The van der Waals surface area contributed by atoms with Crippen LogP contribution in [-0.4, -0.2) is 10.7 Å². The molecule has 0 radical (unpaired) electrons. The smallest absolute Gasteiger partial charge is 0.269 e. The van der Waals surface area contributed by atoms with Crippen molar-refractivity contribution in [2.45, 2.75) is 32.6 Å². The molecule has 7 nitrogen and oxygen atoms in total. The lowest BCUT2D eigenvalue weighted by Crippen LogP contribution is -2.42. The summed E-state index contributed by atoms with van der Waals surface area (Å²) in [5.74, 6) is -0.231. The number of hydrogen-bond acceptors (Lipinski definition) is 7. The molecule has 0 amide bonds. The second-order valence-electron chi connectivity index (χ2n) is 8.31. The Morgan fingerprint density at radius 2 is 1.97 bits per heavy atom. The number of allylic oxidation sites excluding steroid dienone is 3. The number of ketones is 1. The molecule has 0 bridgehead atoms. The number of nitriles is 1. The average molecular weight is 420 g/mol. The number of non-ortho nitro benzene ring substituents is 1. The Hall–Kier alpha value is -3.44. The van der Waals surface area contributed by atoms with Crippen LogP contribution in [0.1, 0.15) is 38.2 Å². The van der Waals surface area contributed by atoms with Gasteiger partial charge in [0.15, 0.2) is 5.78 Å². The van der Waals surface area contributed by atoms with Crippen LogP contribution in [0.5, 0.6) is 0 Å². The van der Waals surface area contributed by atoms with Gasteiger partial charge in [0.25, 0.3) is 5.69 Å². The normalized spacial score (nSPS) is 20.8. The van der Waals surface area contributed by atoms with Crippen molar-refractivity contribution in [1.82, 2.24) is 0 Å². The lowest BCUT2D eigenvalue weighted by atomic mass is 9.69. The van der Waals surface area contributed by atoms with E-state index in [1.54, 1.807) is 17.0 Å². The van der Waals surface area contributed by atoms with Crippen LogP contribution in [0.3, 0.4) is 0 Å². The highest BCUT2D eigenvalue weighted by Crippen LogP contribution is 2.50. The number of carbonyl (C=O) groups excluding carboxylic acids is 1. The van der Waals surface area contributed by atoms with Crippen molar-refractivity contribution in [1.29, 1.82) is 5.26 Å². The van der Waals surface area contributed by atoms with Gasteiger partial charge in [-0.25, -0.2) is 0 Å². The first kappa shape index (κ1) is 19.9. The van der Waals surface area contributed by atoms with Crippen LogP contribution < -0.4 is 10.6 Å². The number of benzene rings is 1. The summed E-state index contributed by atoms with van der Waals surface area (Å²) in [5.41, 5.74) is 9.35. The minimum atomic E-state index is -0.492. The van der Waals surface area contributed by atoms with Gasteiger partial charge in [0.1, 0.15) is 5.82 Å². The van der Waals surface area contributed by atoms with Gasteiger partial charge in [-0.05, 0) is 46.4 Å². The van der Waals surface area contributed by atoms with Gasteiger partial charge in [-0.1, -0.05) is 13.8 Å². The van der Waals surface area contributed by atoms with Crippen molar-refractivity contribution in [2.24, 2.45) is 11.1 Å². The lowest BCUT2D eigenvalue weighted by Gasteiger charge is -2.43. The van der Waals surface area contributed by atoms with Gasteiger partial charge in [-0.3, -0.25) is 19.8 Å². The topological polar surface area (TPSA) is 113 Å². The Morgan fingerprint density at radius 1 is 1.27 bits per heavy atom.